The van der Waals surface area contributed by atoms with Crippen molar-refractivity contribution >= 4 is 45.9 Å². The van der Waals surface area contributed by atoms with Crippen molar-refractivity contribution in [3.05, 3.63) is 126 Å². The minimum Gasteiger partial charge on any atom is -0.493 e. The largest absolute Gasteiger partial charge is 0.493 e. The monoisotopic (exact) mass is 675 g/mol. The molecule has 10 heteroatoms. The van der Waals surface area contributed by atoms with Crippen molar-refractivity contribution in [1.82, 2.24) is 0 Å². The third kappa shape index (κ3) is 8.08. The second kappa shape index (κ2) is 14.1. The highest BCUT2D eigenvalue weighted by Crippen LogP contribution is 2.35. The van der Waals surface area contributed by atoms with Gasteiger partial charge < -0.3 is 19.5 Å². The molecule has 4 aromatic carbocycles. The molecule has 0 aliphatic heterocycles. The minimum absolute atomic E-state index is 0.000647. The number of carbonyl (C=O) groups is 1. The first-order valence-corrected chi connectivity index (χ1v) is 13.8. The molecule has 0 bridgehead atoms. The molecule has 0 fully saturated rings. The molecule has 0 aliphatic carbocycles. The van der Waals surface area contributed by atoms with Crippen molar-refractivity contribution in [1.29, 1.82) is 5.26 Å². The number of benzene rings is 4. The van der Waals surface area contributed by atoms with Crippen LogP contribution in [0.25, 0.3) is 6.08 Å². The van der Waals surface area contributed by atoms with E-state index in [-0.39, 0.29) is 17.9 Å². The molecular weight excluding hydrogens is 649 g/mol. The summed E-state index contributed by atoms with van der Waals surface area (Å²) in [5.74, 6) is 0.982. The highest BCUT2D eigenvalue weighted by molar-refractivity contribution is 14.1. The van der Waals surface area contributed by atoms with Crippen LogP contribution in [-0.4, -0.2) is 17.9 Å². The number of nitrogens with zero attached hydrogens (tertiary/aromatic N) is 2. The fraction of sp³-hybridized carbons (Fsp3) is 0.125. The Bertz CT molecular complexity index is 1640. The molecule has 1 amide bonds. The molecular formula is C32H26IN3O6. The van der Waals surface area contributed by atoms with Crippen molar-refractivity contribution in [2.45, 2.75) is 20.1 Å². The van der Waals surface area contributed by atoms with E-state index in [1.165, 1.54) is 30.9 Å². The van der Waals surface area contributed by atoms with Crippen molar-refractivity contribution < 1.29 is 23.9 Å². The third-order valence-electron chi connectivity index (χ3n) is 6.10. The first kappa shape index (κ1) is 30.1. The highest BCUT2D eigenvalue weighted by Gasteiger charge is 2.15. The quantitative estimate of drug-likeness (QED) is 0.0586. The summed E-state index contributed by atoms with van der Waals surface area (Å²) in [7, 11) is 1.49. The van der Waals surface area contributed by atoms with Crippen LogP contribution >= 0.6 is 22.6 Å². The van der Waals surface area contributed by atoms with Crippen molar-refractivity contribution in [2.75, 3.05) is 12.4 Å². The maximum atomic E-state index is 12.9. The number of hydrogen-bond donors (Lipinski definition) is 1. The van der Waals surface area contributed by atoms with Crippen LogP contribution in [-0.2, 0) is 18.0 Å². The van der Waals surface area contributed by atoms with Gasteiger partial charge in [0.1, 0.15) is 30.6 Å². The second-order valence-corrected chi connectivity index (χ2v) is 10.3. The number of amides is 1. The number of rotatable bonds is 11. The minimum atomic E-state index is -0.557. The molecule has 1 N–H and O–H groups in total. The predicted octanol–water partition coefficient (Wildman–Crippen LogP) is 7.22. The van der Waals surface area contributed by atoms with E-state index in [1.54, 1.807) is 48.5 Å². The summed E-state index contributed by atoms with van der Waals surface area (Å²) in [6.07, 6.45) is 1.47. The van der Waals surface area contributed by atoms with E-state index in [2.05, 4.69) is 27.9 Å². The number of nitro groups is 1. The molecule has 9 nitrogen and oxygen atoms in total. The molecule has 212 valence electrons. The molecule has 0 aliphatic rings. The number of methoxy groups -OCH3 is 1. The van der Waals surface area contributed by atoms with Gasteiger partial charge in [0, 0.05) is 17.8 Å². The Labute approximate surface area is 256 Å². The first-order valence-electron chi connectivity index (χ1n) is 12.7. The number of non-ortho nitro benzene ring substituents is 1. The molecule has 0 heterocycles. The lowest BCUT2D eigenvalue weighted by atomic mass is 10.1. The smallest absolute Gasteiger partial charge is 0.269 e. The summed E-state index contributed by atoms with van der Waals surface area (Å²) in [6, 6.07) is 26.5. The van der Waals surface area contributed by atoms with Gasteiger partial charge in [0.05, 0.1) is 15.6 Å². The van der Waals surface area contributed by atoms with Gasteiger partial charge in [0.2, 0.25) is 0 Å². The molecule has 0 radical (unpaired) electrons. The zero-order valence-electron chi connectivity index (χ0n) is 22.8. The van der Waals surface area contributed by atoms with E-state index in [4.69, 9.17) is 14.2 Å². The molecule has 42 heavy (non-hydrogen) atoms. The van der Waals surface area contributed by atoms with Crippen LogP contribution in [0.5, 0.6) is 17.2 Å². The van der Waals surface area contributed by atoms with Crippen LogP contribution < -0.4 is 19.5 Å². The Morgan fingerprint density at radius 3 is 2.19 bits per heavy atom. The van der Waals surface area contributed by atoms with Crippen molar-refractivity contribution in [2.24, 2.45) is 0 Å². The van der Waals surface area contributed by atoms with E-state index in [0.29, 0.717) is 38.7 Å². The molecule has 4 aromatic rings. The Balaban J connectivity index is 1.40. The van der Waals surface area contributed by atoms with Gasteiger partial charge in [0.25, 0.3) is 11.6 Å². The predicted molar refractivity (Wildman–Crippen MR) is 167 cm³/mol. The van der Waals surface area contributed by atoms with Crippen LogP contribution in [0, 0.1) is 31.9 Å². The Morgan fingerprint density at radius 1 is 0.976 bits per heavy atom. The number of nitrogens with one attached hydrogen (secondary N) is 1. The van der Waals surface area contributed by atoms with Crippen LogP contribution in [0.1, 0.15) is 22.3 Å². The average molecular weight is 675 g/mol. The summed E-state index contributed by atoms with van der Waals surface area (Å²) in [5.41, 5.74) is 3.98. The number of halogens is 1. The molecule has 0 unspecified atom stereocenters. The van der Waals surface area contributed by atoms with Gasteiger partial charge in [-0.15, -0.1) is 0 Å². The highest BCUT2D eigenvalue weighted by atomic mass is 127. The average Bonchev–Trinajstić information content (AvgIpc) is 2.99. The van der Waals surface area contributed by atoms with Gasteiger partial charge in [-0.05, 0) is 101 Å². The van der Waals surface area contributed by atoms with Gasteiger partial charge in [0.15, 0.2) is 11.5 Å². The number of carbonyl (C=O) groups excluding carboxylic acids is 1. The normalized spacial score (nSPS) is 10.9. The number of ether oxygens (including phenoxy) is 3. The fourth-order valence-corrected chi connectivity index (χ4v) is 4.61. The summed E-state index contributed by atoms with van der Waals surface area (Å²) < 4.78 is 17.9. The molecule has 4 rings (SSSR count). The number of hydrogen-bond acceptors (Lipinski definition) is 7. The van der Waals surface area contributed by atoms with Crippen molar-refractivity contribution in [3.8, 4) is 23.3 Å². The van der Waals surface area contributed by atoms with E-state index < -0.39 is 10.8 Å². The third-order valence-corrected chi connectivity index (χ3v) is 6.90. The molecule has 0 saturated carbocycles. The zero-order valence-corrected chi connectivity index (χ0v) is 25.0. The maximum absolute atomic E-state index is 12.9. The topological polar surface area (TPSA) is 124 Å². The van der Waals surface area contributed by atoms with Crippen molar-refractivity contribution in [3.63, 3.8) is 0 Å². The molecule has 0 spiro atoms. The van der Waals surface area contributed by atoms with E-state index in [0.717, 1.165) is 11.1 Å². The number of aryl methyl sites for hydroxylation is 1. The zero-order chi connectivity index (χ0) is 30.1. The standard InChI is InChI=1S/C32H26IN3O6/c1-21-3-5-22(6-4-21)19-41-28-13-9-26(10-14-28)35-32(37)25(18-34)15-24-16-29(33)31(30(17-24)40-2)42-20-23-7-11-27(12-8-23)36(38)39/h3-17H,19-20H2,1-2H3,(H,35,37)/b25-15+. The number of nitro benzene ring substituents is 1. The summed E-state index contributed by atoms with van der Waals surface area (Å²) in [6.45, 7) is 2.62. The Morgan fingerprint density at radius 2 is 1.60 bits per heavy atom. The Kier molecular flexibility index (Phi) is 10.1. The van der Waals surface area contributed by atoms with Gasteiger partial charge >= 0.3 is 0 Å². The van der Waals surface area contributed by atoms with Gasteiger partial charge in [-0.1, -0.05) is 29.8 Å². The summed E-state index contributed by atoms with van der Waals surface area (Å²) in [5, 5.41) is 23.3. The summed E-state index contributed by atoms with van der Waals surface area (Å²) >= 11 is 2.08. The van der Waals surface area contributed by atoms with Crippen LogP contribution in [0.3, 0.4) is 0 Å². The summed E-state index contributed by atoms with van der Waals surface area (Å²) in [4.78, 5) is 23.3. The van der Waals surface area contributed by atoms with E-state index in [9.17, 15) is 20.2 Å². The molecule has 0 atom stereocenters. The van der Waals surface area contributed by atoms with E-state index in [1.807, 2.05) is 37.3 Å². The van der Waals surface area contributed by atoms with Crippen LogP contribution in [0.15, 0.2) is 90.5 Å². The van der Waals surface area contributed by atoms with Gasteiger partial charge in [-0.25, -0.2) is 0 Å². The molecule has 0 aromatic heterocycles. The molecule has 0 saturated heterocycles. The SMILES string of the molecule is COc1cc(/C=C(\C#N)C(=O)Nc2ccc(OCc3ccc(C)cc3)cc2)cc(I)c1OCc1ccc([N+](=O)[O-])cc1. The number of nitriles is 1. The first-order chi connectivity index (χ1) is 20.2. The lowest BCUT2D eigenvalue weighted by molar-refractivity contribution is -0.384. The van der Waals surface area contributed by atoms with E-state index >= 15 is 0 Å². The fourth-order valence-electron chi connectivity index (χ4n) is 3.83. The lowest BCUT2D eigenvalue weighted by Crippen LogP contribution is -2.13. The van der Waals surface area contributed by atoms with Crippen LogP contribution in [0.4, 0.5) is 11.4 Å². The number of anilines is 1. The Hall–Kier alpha value is -4.89. The van der Waals surface area contributed by atoms with Crippen LogP contribution in [0.2, 0.25) is 0 Å². The maximum Gasteiger partial charge on any atom is 0.269 e. The van der Waals surface area contributed by atoms with Gasteiger partial charge in [-0.2, -0.15) is 5.26 Å². The lowest BCUT2D eigenvalue weighted by Gasteiger charge is -2.14. The second-order valence-electron chi connectivity index (χ2n) is 9.17. The van der Waals surface area contributed by atoms with Gasteiger partial charge in [-0.3, -0.25) is 14.9 Å².